The second-order valence-electron chi connectivity index (χ2n) is 5.94. The van der Waals surface area contributed by atoms with Gasteiger partial charge in [-0.1, -0.05) is 30.0 Å². The first-order valence-electron chi connectivity index (χ1n) is 7.81. The highest BCUT2D eigenvalue weighted by Gasteiger charge is 2.41. The molecule has 0 unspecified atom stereocenters. The van der Waals surface area contributed by atoms with Crippen LogP contribution in [0.1, 0.15) is 19.3 Å². The first-order valence-corrected chi connectivity index (χ1v) is 8.69. The lowest BCUT2D eigenvalue weighted by Crippen LogP contribution is -2.30. The molecule has 5 heteroatoms. The van der Waals surface area contributed by atoms with Crippen LogP contribution in [-0.4, -0.2) is 38.2 Å². The quantitative estimate of drug-likeness (QED) is 0.796. The highest BCUT2D eigenvalue weighted by atomic mass is 32.2. The number of fused-ring (bicyclic) bond motifs is 1. The predicted molar refractivity (Wildman–Crippen MR) is 88.9 cm³/mol. The molecule has 2 heterocycles. The summed E-state index contributed by atoms with van der Waals surface area (Å²) >= 11 is 1.61. The summed E-state index contributed by atoms with van der Waals surface area (Å²) in [5.74, 6) is 0.296. The molecule has 114 valence electrons. The molecule has 0 N–H and O–H groups in total. The number of aromatic nitrogens is 2. The van der Waals surface area contributed by atoms with Gasteiger partial charge in [0.15, 0.2) is 5.16 Å². The van der Waals surface area contributed by atoms with Crippen molar-refractivity contribution in [3.8, 4) is 0 Å². The maximum absolute atomic E-state index is 12.5. The van der Waals surface area contributed by atoms with Gasteiger partial charge in [-0.3, -0.25) is 4.79 Å². The van der Waals surface area contributed by atoms with Crippen LogP contribution < -0.4 is 0 Å². The van der Waals surface area contributed by atoms with Crippen molar-refractivity contribution >= 4 is 28.7 Å². The Labute approximate surface area is 134 Å². The Hall–Kier alpha value is -1.75. The molecule has 1 atom stereocenters. The minimum atomic E-state index is 0.0148. The fraction of sp³-hybridized carbons (Fsp3) is 0.412. The van der Waals surface area contributed by atoms with Gasteiger partial charge in [0.05, 0.1) is 16.3 Å². The van der Waals surface area contributed by atoms with Crippen LogP contribution in [0.4, 0.5) is 0 Å². The van der Waals surface area contributed by atoms with E-state index in [1.807, 2.05) is 24.3 Å². The Morgan fingerprint density at radius 2 is 2.14 bits per heavy atom. The molecule has 2 fully saturated rings. The van der Waals surface area contributed by atoms with Crippen LogP contribution in [0.3, 0.4) is 0 Å². The van der Waals surface area contributed by atoms with E-state index >= 15 is 0 Å². The van der Waals surface area contributed by atoms with Gasteiger partial charge >= 0.3 is 0 Å². The summed E-state index contributed by atoms with van der Waals surface area (Å²) in [5, 5.41) is 0.943. The van der Waals surface area contributed by atoms with Crippen molar-refractivity contribution < 1.29 is 4.79 Å². The number of carbonyl (C=O) groups is 1. The zero-order valence-electron chi connectivity index (χ0n) is 12.4. The van der Waals surface area contributed by atoms with Gasteiger partial charge in [-0.05, 0) is 31.4 Å². The number of allylic oxidation sites excluding steroid dienone is 1. The van der Waals surface area contributed by atoms with Crippen molar-refractivity contribution in [2.24, 2.45) is 0 Å². The summed E-state index contributed by atoms with van der Waals surface area (Å²) in [5.41, 5.74) is 2.09. The summed E-state index contributed by atoms with van der Waals surface area (Å²) in [7, 11) is 0. The number of rotatable bonds is 5. The third kappa shape index (κ3) is 2.33. The van der Waals surface area contributed by atoms with E-state index in [4.69, 9.17) is 4.98 Å². The van der Waals surface area contributed by atoms with Crippen molar-refractivity contribution in [3.63, 3.8) is 0 Å². The Balaban J connectivity index is 1.62. The zero-order valence-corrected chi connectivity index (χ0v) is 13.3. The molecule has 4 rings (SSSR count). The molecule has 1 saturated heterocycles. The van der Waals surface area contributed by atoms with E-state index in [-0.39, 0.29) is 5.25 Å². The Bertz CT molecular complexity index is 735. The van der Waals surface area contributed by atoms with E-state index < -0.39 is 0 Å². The van der Waals surface area contributed by atoms with E-state index in [9.17, 15) is 4.79 Å². The first-order chi connectivity index (χ1) is 10.8. The number of thioether (sulfide) groups is 1. The number of nitrogens with zero attached hydrogens (tertiary/aromatic N) is 3. The van der Waals surface area contributed by atoms with E-state index in [2.05, 4.69) is 22.1 Å². The molecule has 1 amide bonds. The molecule has 1 aliphatic heterocycles. The van der Waals surface area contributed by atoms with Crippen LogP contribution in [0.5, 0.6) is 0 Å². The van der Waals surface area contributed by atoms with Gasteiger partial charge < -0.3 is 9.47 Å². The number of likely N-dealkylation sites (tertiary alicyclic amines) is 1. The minimum Gasteiger partial charge on any atom is -0.339 e. The number of hydrogen-bond donors (Lipinski definition) is 0. The molecule has 1 aliphatic carbocycles. The molecule has 4 nitrogen and oxygen atoms in total. The molecule has 2 aliphatic rings. The molecule has 1 saturated carbocycles. The van der Waals surface area contributed by atoms with E-state index in [0.717, 1.165) is 35.7 Å². The van der Waals surface area contributed by atoms with Gasteiger partial charge in [-0.15, -0.1) is 6.58 Å². The number of para-hydroxylation sites is 2. The number of carbonyl (C=O) groups excluding carboxylic acids is 1. The number of hydrogen-bond acceptors (Lipinski definition) is 3. The summed E-state index contributed by atoms with van der Waals surface area (Å²) in [4.78, 5) is 19.3. The molecule has 2 aromatic rings. The fourth-order valence-corrected chi connectivity index (χ4v) is 4.27. The lowest BCUT2D eigenvalue weighted by molar-refractivity contribution is -0.127. The van der Waals surface area contributed by atoms with Gasteiger partial charge in [-0.25, -0.2) is 4.98 Å². The maximum atomic E-state index is 12.5. The Morgan fingerprint density at radius 3 is 2.91 bits per heavy atom. The van der Waals surface area contributed by atoms with Crippen molar-refractivity contribution in [2.75, 3.05) is 6.54 Å². The highest BCUT2D eigenvalue weighted by Crippen LogP contribution is 2.37. The molecule has 1 aromatic heterocycles. The molecular weight excluding hydrogens is 294 g/mol. The second-order valence-corrected chi connectivity index (χ2v) is 7.11. The van der Waals surface area contributed by atoms with Crippen LogP contribution in [-0.2, 0) is 11.3 Å². The van der Waals surface area contributed by atoms with Gasteiger partial charge in [0.2, 0.25) is 5.91 Å². The molecule has 22 heavy (non-hydrogen) atoms. The number of benzene rings is 1. The lowest BCUT2D eigenvalue weighted by Gasteiger charge is -2.15. The smallest absolute Gasteiger partial charge is 0.236 e. The molecule has 1 aromatic carbocycles. The van der Waals surface area contributed by atoms with Gasteiger partial charge in [0.1, 0.15) is 0 Å². The summed E-state index contributed by atoms with van der Waals surface area (Å²) in [6, 6.07) is 8.63. The normalized spacial score (nSPS) is 21.7. The molecule has 0 radical (unpaired) electrons. The number of imidazole rings is 1. The highest BCUT2D eigenvalue weighted by molar-refractivity contribution is 8.00. The van der Waals surface area contributed by atoms with Crippen LogP contribution in [0.15, 0.2) is 42.1 Å². The third-order valence-electron chi connectivity index (χ3n) is 4.36. The van der Waals surface area contributed by atoms with Crippen molar-refractivity contribution in [1.29, 1.82) is 0 Å². The number of amides is 1. The van der Waals surface area contributed by atoms with E-state index in [0.29, 0.717) is 11.9 Å². The second kappa shape index (κ2) is 5.47. The average molecular weight is 313 g/mol. The van der Waals surface area contributed by atoms with Crippen LogP contribution in [0, 0.1) is 0 Å². The van der Waals surface area contributed by atoms with Gasteiger partial charge in [-0.2, -0.15) is 0 Å². The third-order valence-corrected chi connectivity index (χ3v) is 5.60. The van der Waals surface area contributed by atoms with E-state index in [1.54, 1.807) is 11.8 Å². The van der Waals surface area contributed by atoms with Gasteiger partial charge in [0.25, 0.3) is 0 Å². The summed E-state index contributed by atoms with van der Waals surface area (Å²) < 4.78 is 2.15. The minimum absolute atomic E-state index is 0.0148. The monoisotopic (exact) mass is 313 g/mol. The van der Waals surface area contributed by atoms with Crippen LogP contribution in [0.25, 0.3) is 11.0 Å². The van der Waals surface area contributed by atoms with Crippen molar-refractivity contribution in [3.05, 3.63) is 36.9 Å². The standard InChI is InChI=1S/C17H19N3OS/c1-2-10-20-14-6-4-3-5-13(14)18-17(20)22-15-9-11-19(16(15)21)12-7-8-12/h2-6,12,15H,1,7-11H2/t15-/m1/s1. The molecule has 0 spiro atoms. The Morgan fingerprint density at radius 1 is 1.32 bits per heavy atom. The van der Waals surface area contributed by atoms with Crippen molar-refractivity contribution in [2.45, 2.75) is 42.3 Å². The van der Waals surface area contributed by atoms with Crippen molar-refractivity contribution in [1.82, 2.24) is 14.5 Å². The summed E-state index contributed by atoms with van der Waals surface area (Å²) in [6.07, 6.45) is 5.17. The largest absolute Gasteiger partial charge is 0.339 e. The predicted octanol–water partition coefficient (Wildman–Crippen LogP) is 3.08. The average Bonchev–Trinajstić information content (AvgIpc) is 3.23. The molecule has 0 bridgehead atoms. The van der Waals surface area contributed by atoms with Crippen LogP contribution in [0.2, 0.25) is 0 Å². The topological polar surface area (TPSA) is 38.1 Å². The zero-order chi connectivity index (χ0) is 15.1. The SMILES string of the molecule is C=CCn1c(S[C@@H]2CCN(C3CC3)C2=O)nc2ccccc21. The fourth-order valence-electron chi connectivity index (χ4n) is 3.11. The summed E-state index contributed by atoms with van der Waals surface area (Å²) in [6.45, 7) is 5.46. The Kier molecular flexibility index (Phi) is 3.45. The maximum Gasteiger partial charge on any atom is 0.236 e. The molecular formula is C17H19N3OS. The lowest BCUT2D eigenvalue weighted by atomic mass is 10.3. The van der Waals surface area contributed by atoms with E-state index in [1.165, 1.54) is 12.8 Å². The van der Waals surface area contributed by atoms with Crippen LogP contribution >= 0.6 is 11.8 Å². The van der Waals surface area contributed by atoms with Gasteiger partial charge in [0, 0.05) is 19.1 Å². The first kappa shape index (κ1) is 13.9.